The van der Waals surface area contributed by atoms with Crippen molar-refractivity contribution < 1.29 is 4.79 Å². The largest absolute Gasteiger partial charge is 0.351 e. The molecule has 0 aliphatic carbocycles. The molecule has 0 amide bonds. The molecule has 2 heterocycles. The van der Waals surface area contributed by atoms with Crippen LogP contribution in [0.2, 0.25) is 0 Å². The minimum Gasteiger partial charge on any atom is -0.351 e. The second-order valence-electron chi connectivity index (χ2n) is 3.35. The third-order valence-corrected chi connectivity index (χ3v) is 2.48. The normalized spacial score (nSPS) is 14.7. The Morgan fingerprint density at radius 1 is 1.29 bits per heavy atom. The highest BCUT2D eigenvalue weighted by Crippen LogP contribution is 2.22. The number of carbonyl (C=O) groups is 1. The number of para-hydroxylation sites is 1. The molecule has 1 N–H and O–H groups in total. The number of hydrogen-bond acceptors (Lipinski definition) is 2. The summed E-state index contributed by atoms with van der Waals surface area (Å²) < 4.78 is 0. The number of fused-ring (bicyclic) bond motifs is 3. The van der Waals surface area contributed by atoms with Gasteiger partial charge in [-0.2, -0.15) is 0 Å². The number of carbonyl (C=O) groups excluding carboxylic acids is 1. The number of aromatic nitrogens is 1. The summed E-state index contributed by atoms with van der Waals surface area (Å²) in [4.78, 5) is 18.7. The van der Waals surface area contributed by atoms with E-state index in [0.717, 1.165) is 16.5 Å². The lowest BCUT2D eigenvalue weighted by Gasteiger charge is -2.01. The Kier molecular flexibility index (Phi) is 1.36. The Morgan fingerprint density at radius 3 is 3.07 bits per heavy atom. The van der Waals surface area contributed by atoms with Gasteiger partial charge in [-0.3, -0.25) is 9.79 Å². The maximum Gasteiger partial charge on any atom is 0.201 e. The van der Waals surface area contributed by atoms with E-state index in [4.69, 9.17) is 0 Å². The van der Waals surface area contributed by atoms with Crippen LogP contribution in [-0.4, -0.2) is 23.5 Å². The molecule has 0 unspecified atom stereocenters. The van der Waals surface area contributed by atoms with E-state index >= 15 is 0 Å². The number of aromatic amines is 1. The quantitative estimate of drug-likeness (QED) is 0.666. The smallest absolute Gasteiger partial charge is 0.201 e. The van der Waals surface area contributed by atoms with E-state index < -0.39 is 0 Å². The fraction of sp³-hybridized carbons (Fsp3) is 0.0909. The lowest BCUT2D eigenvalue weighted by atomic mass is 10.1. The van der Waals surface area contributed by atoms with Crippen LogP contribution in [0.25, 0.3) is 10.9 Å². The number of Topliss-reactive ketones (excluding diaryl/α,β-unsaturated/α-hetero) is 1. The lowest BCUT2D eigenvalue weighted by Crippen LogP contribution is -2.11. The van der Waals surface area contributed by atoms with Crippen molar-refractivity contribution in [2.75, 3.05) is 6.54 Å². The third kappa shape index (κ3) is 0.865. The predicted molar refractivity (Wildman–Crippen MR) is 55.1 cm³/mol. The Hall–Kier alpha value is -1.90. The molecule has 68 valence electrons. The predicted octanol–water partition coefficient (Wildman–Crippen LogP) is 1.78. The molecule has 0 bridgehead atoms. The van der Waals surface area contributed by atoms with E-state index in [-0.39, 0.29) is 12.3 Å². The number of hydrogen-bond donors (Lipinski definition) is 1. The second kappa shape index (κ2) is 2.54. The summed E-state index contributed by atoms with van der Waals surface area (Å²) >= 11 is 0. The van der Waals surface area contributed by atoms with Crippen molar-refractivity contribution >= 4 is 22.9 Å². The van der Waals surface area contributed by atoms with Crippen molar-refractivity contribution in [1.82, 2.24) is 4.98 Å². The lowest BCUT2D eigenvalue weighted by molar-refractivity contribution is 0.0996. The molecular formula is C11H8N2O. The number of rotatable bonds is 0. The number of nitrogens with zero attached hydrogens (tertiary/aromatic N) is 1. The first-order valence-electron chi connectivity index (χ1n) is 4.50. The van der Waals surface area contributed by atoms with Gasteiger partial charge in [0.25, 0.3) is 0 Å². The number of ketones is 1. The summed E-state index contributed by atoms with van der Waals surface area (Å²) in [6.07, 6.45) is 1.77. The third-order valence-electron chi connectivity index (χ3n) is 2.48. The first kappa shape index (κ1) is 7.50. The van der Waals surface area contributed by atoms with Gasteiger partial charge in [0.1, 0.15) is 6.54 Å². The van der Waals surface area contributed by atoms with Crippen LogP contribution in [0, 0.1) is 0 Å². The number of H-pyrrole nitrogens is 1. The minimum absolute atomic E-state index is 0.0682. The van der Waals surface area contributed by atoms with Crippen LogP contribution in [-0.2, 0) is 0 Å². The van der Waals surface area contributed by atoms with Gasteiger partial charge in [-0.1, -0.05) is 18.2 Å². The molecule has 1 aromatic heterocycles. The molecule has 1 aromatic carbocycles. The standard InChI is InChI=1S/C11H8N2O/c14-10-6-12-5-8-7-3-1-2-4-9(7)13-11(8)10/h1-5,13H,6H2. The van der Waals surface area contributed by atoms with Crippen molar-refractivity contribution in [2.24, 2.45) is 4.99 Å². The fourth-order valence-corrected chi connectivity index (χ4v) is 1.82. The molecule has 1 aliphatic heterocycles. The zero-order valence-electron chi connectivity index (χ0n) is 7.45. The van der Waals surface area contributed by atoms with E-state index in [0.29, 0.717) is 5.69 Å². The van der Waals surface area contributed by atoms with Gasteiger partial charge < -0.3 is 4.98 Å². The Morgan fingerprint density at radius 2 is 2.14 bits per heavy atom. The SMILES string of the molecule is O=C1CN=Cc2c1[nH]c1ccccc21. The second-order valence-corrected chi connectivity index (χ2v) is 3.35. The molecule has 0 radical (unpaired) electrons. The van der Waals surface area contributed by atoms with Crippen LogP contribution in [0.5, 0.6) is 0 Å². The topological polar surface area (TPSA) is 45.2 Å². The van der Waals surface area contributed by atoms with Gasteiger partial charge in [0.05, 0.1) is 5.69 Å². The van der Waals surface area contributed by atoms with Crippen LogP contribution < -0.4 is 0 Å². The number of benzene rings is 1. The van der Waals surface area contributed by atoms with Gasteiger partial charge >= 0.3 is 0 Å². The van der Waals surface area contributed by atoms with Crippen LogP contribution in [0.15, 0.2) is 29.3 Å². The van der Waals surface area contributed by atoms with Crippen LogP contribution in [0.4, 0.5) is 0 Å². The average Bonchev–Trinajstić information content (AvgIpc) is 2.59. The maximum absolute atomic E-state index is 11.5. The minimum atomic E-state index is 0.0682. The molecule has 2 aromatic rings. The summed E-state index contributed by atoms with van der Waals surface area (Å²) in [5.74, 6) is 0.0682. The van der Waals surface area contributed by atoms with Gasteiger partial charge in [-0.25, -0.2) is 0 Å². The summed E-state index contributed by atoms with van der Waals surface area (Å²) in [7, 11) is 0. The molecule has 3 rings (SSSR count). The molecule has 3 heteroatoms. The van der Waals surface area contributed by atoms with E-state index in [2.05, 4.69) is 9.98 Å². The van der Waals surface area contributed by atoms with Gasteiger partial charge in [0.15, 0.2) is 0 Å². The van der Waals surface area contributed by atoms with Gasteiger partial charge in [-0.15, -0.1) is 0 Å². The first-order valence-corrected chi connectivity index (χ1v) is 4.50. The Bertz CT molecular complexity index is 551. The average molecular weight is 184 g/mol. The van der Waals surface area contributed by atoms with Crippen LogP contribution in [0.1, 0.15) is 16.1 Å². The monoisotopic (exact) mass is 184 g/mol. The summed E-state index contributed by atoms with van der Waals surface area (Å²) in [6.45, 7) is 0.264. The van der Waals surface area contributed by atoms with Crippen molar-refractivity contribution in [3.05, 3.63) is 35.5 Å². The summed E-state index contributed by atoms with van der Waals surface area (Å²) in [5, 5.41) is 1.07. The molecule has 1 aliphatic rings. The zero-order valence-corrected chi connectivity index (χ0v) is 7.45. The van der Waals surface area contributed by atoms with Gasteiger partial charge in [0, 0.05) is 22.7 Å². The molecule has 0 saturated carbocycles. The van der Waals surface area contributed by atoms with Gasteiger partial charge in [0.2, 0.25) is 5.78 Å². The highest BCUT2D eigenvalue weighted by molar-refractivity contribution is 6.14. The van der Waals surface area contributed by atoms with Crippen LogP contribution >= 0.6 is 0 Å². The number of aliphatic imine (C=N–C) groups is 1. The highest BCUT2D eigenvalue weighted by Gasteiger charge is 2.18. The van der Waals surface area contributed by atoms with E-state index in [1.807, 2.05) is 24.3 Å². The fourth-order valence-electron chi connectivity index (χ4n) is 1.82. The summed E-state index contributed by atoms with van der Waals surface area (Å²) in [6, 6.07) is 7.87. The van der Waals surface area contributed by atoms with E-state index in [1.54, 1.807) is 6.21 Å². The molecule has 0 saturated heterocycles. The summed E-state index contributed by atoms with van der Waals surface area (Å²) in [5.41, 5.74) is 2.62. The molecule has 0 atom stereocenters. The van der Waals surface area contributed by atoms with Crippen LogP contribution in [0.3, 0.4) is 0 Å². The zero-order chi connectivity index (χ0) is 9.54. The van der Waals surface area contributed by atoms with Crippen molar-refractivity contribution in [1.29, 1.82) is 0 Å². The molecular weight excluding hydrogens is 176 g/mol. The molecule has 0 spiro atoms. The van der Waals surface area contributed by atoms with Crippen molar-refractivity contribution in [3.63, 3.8) is 0 Å². The Labute approximate surface area is 80.5 Å². The molecule has 14 heavy (non-hydrogen) atoms. The van der Waals surface area contributed by atoms with Crippen molar-refractivity contribution in [3.8, 4) is 0 Å². The highest BCUT2D eigenvalue weighted by atomic mass is 16.1. The first-order chi connectivity index (χ1) is 6.86. The number of nitrogens with one attached hydrogen (secondary N) is 1. The molecule has 0 fully saturated rings. The molecule has 3 nitrogen and oxygen atoms in total. The maximum atomic E-state index is 11.5. The van der Waals surface area contributed by atoms with E-state index in [9.17, 15) is 4.79 Å². The van der Waals surface area contributed by atoms with Gasteiger partial charge in [-0.05, 0) is 6.07 Å². The van der Waals surface area contributed by atoms with Crippen molar-refractivity contribution in [2.45, 2.75) is 0 Å². The Balaban J connectivity index is 2.45. The van der Waals surface area contributed by atoms with E-state index in [1.165, 1.54) is 0 Å².